The Morgan fingerprint density at radius 2 is 1.86 bits per heavy atom. The Morgan fingerprint density at radius 1 is 1.18 bits per heavy atom. The second-order valence-corrected chi connectivity index (χ2v) is 8.30. The maximum absolute atomic E-state index is 13.1. The van der Waals surface area contributed by atoms with Crippen molar-refractivity contribution in [3.05, 3.63) is 35.4 Å². The van der Waals surface area contributed by atoms with Crippen molar-refractivity contribution in [3.63, 3.8) is 0 Å². The van der Waals surface area contributed by atoms with Gasteiger partial charge in [-0.25, -0.2) is 4.79 Å². The predicted molar refractivity (Wildman–Crippen MR) is 104 cm³/mol. The number of ether oxygens (including phenoxy) is 1. The van der Waals surface area contributed by atoms with Crippen molar-refractivity contribution in [3.8, 4) is 0 Å². The zero-order valence-corrected chi connectivity index (χ0v) is 16.6. The highest BCUT2D eigenvalue weighted by molar-refractivity contribution is 5.94. The molecule has 4 rings (SSSR count). The Balaban J connectivity index is 1.42. The van der Waals surface area contributed by atoms with Gasteiger partial charge in [-0.3, -0.25) is 9.59 Å². The van der Waals surface area contributed by atoms with Gasteiger partial charge in [0.1, 0.15) is 6.10 Å². The molecule has 0 radical (unpaired) electrons. The van der Waals surface area contributed by atoms with Gasteiger partial charge in [-0.1, -0.05) is 38.5 Å². The van der Waals surface area contributed by atoms with Crippen molar-refractivity contribution < 1.29 is 19.1 Å². The molecule has 0 spiro atoms. The van der Waals surface area contributed by atoms with Crippen LogP contribution in [0.4, 0.5) is 0 Å². The van der Waals surface area contributed by atoms with Gasteiger partial charge in [0, 0.05) is 36.7 Å². The number of amides is 2. The molecule has 6 nitrogen and oxygen atoms in total. The summed E-state index contributed by atoms with van der Waals surface area (Å²) in [5.41, 5.74) is 1.36. The van der Waals surface area contributed by atoms with E-state index in [-0.39, 0.29) is 42.2 Å². The Hall–Kier alpha value is -2.37. The summed E-state index contributed by atoms with van der Waals surface area (Å²) in [5.74, 6) is -0.0713. The Kier molecular flexibility index (Phi) is 5.13. The summed E-state index contributed by atoms with van der Waals surface area (Å²) in [6.07, 6.45) is 3.45. The van der Waals surface area contributed by atoms with E-state index < -0.39 is 6.10 Å². The Labute approximate surface area is 165 Å². The molecule has 28 heavy (non-hydrogen) atoms. The lowest BCUT2D eigenvalue weighted by Gasteiger charge is -2.42. The number of hydrogen-bond donors (Lipinski definition) is 0. The zero-order valence-electron chi connectivity index (χ0n) is 16.6. The van der Waals surface area contributed by atoms with Crippen LogP contribution in [0, 0.1) is 5.92 Å². The molecule has 6 heteroatoms. The van der Waals surface area contributed by atoms with Gasteiger partial charge in [0.05, 0.1) is 12.0 Å². The fraction of sp³-hybridized carbons (Fsp3) is 0.591. The summed E-state index contributed by atoms with van der Waals surface area (Å²) < 4.78 is 5.45. The molecule has 3 aliphatic heterocycles. The first kappa shape index (κ1) is 19.0. The van der Waals surface area contributed by atoms with Gasteiger partial charge in [0.25, 0.3) is 0 Å². The number of piperazine rings is 1. The average molecular weight is 384 g/mol. The van der Waals surface area contributed by atoms with Crippen molar-refractivity contribution in [2.24, 2.45) is 5.92 Å². The number of likely N-dealkylation sites (tertiary alicyclic amines) is 1. The van der Waals surface area contributed by atoms with E-state index >= 15 is 0 Å². The maximum Gasteiger partial charge on any atom is 0.339 e. The van der Waals surface area contributed by atoms with E-state index in [1.54, 1.807) is 12.1 Å². The third kappa shape index (κ3) is 3.29. The number of esters is 1. The minimum atomic E-state index is -0.500. The first-order valence-corrected chi connectivity index (χ1v) is 10.4. The smallest absolute Gasteiger partial charge is 0.339 e. The number of benzene rings is 1. The molecule has 3 heterocycles. The normalized spacial score (nSPS) is 26.8. The number of rotatable bonds is 5. The van der Waals surface area contributed by atoms with Gasteiger partial charge in [-0.2, -0.15) is 0 Å². The molecule has 0 aromatic heterocycles. The van der Waals surface area contributed by atoms with E-state index in [1.165, 1.54) is 0 Å². The molecular formula is C22H28N2O4. The van der Waals surface area contributed by atoms with Crippen LogP contribution in [0.25, 0.3) is 0 Å². The summed E-state index contributed by atoms with van der Waals surface area (Å²) in [6.45, 7) is 5.33. The van der Waals surface area contributed by atoms with Crippen molar-refractivity contribution in [1.82, 2.24) is 9.80 Å². The summed E-state index contributed by atoms with van der Waals surface area (Å²) in [4.78, 5) is 41.7. The van der Waals surface area contributed by atoms with Crippen LogP contribution in [0.3, 0.4) is 0 Å². The average Bonchev–Trinajstić information content (AvgIpc) is 3.14. The standard InChI is InChI=1S/C22H28N2O4/c1-3-6-14(2)21(26)23-12-15-9-10-16(13-23)24(15)20(25)11-19-17-7-4-5-8-18(17)22(27)28-19/h4-5,7-8,14-16,19H,3,6,9-13H2,1-2H3. The number of fused-ring (bicyclic) bond motifs is 3. The summed E-state index contributed by atoms with van der Waals surface area (Å²) in [7, 11) is 0. The van der Waals surface area contributed by atoms with Crippen LogP contribution < -0.4 is 0 Å². The molecular weight excluding hydrogens is 356 g/mol. The van der Waals surface area contributed by atoms with Gasteiger partial charge >= 0.3 is 5.97 Å². The second kappa shape index (κ2) is 7.57. The second-order valence-electron chi connectivity index (χ2n) is 8.30. The van der Waals surface area contributed by atoms with E-state index in [9.17, 15) is 14.4 Å². The molecule has 0 saturated carbocycles. The first-order valence-electron chi connectivity index (χ1n) is 10.4. The maximum atomic E-state index is 13.1. The van der Waals surface area contributed by atoms with Crippen LogP contribution in [0.1, 0.15) is 68.0 Å². The number of carbonyl (C=O) groups excluding carboxylic acids is 3. The van der Waals surface area contributed by atoms with Crippen molar-refractivity contribution in [2.75, 3.05) is 13.1 Å². The third-order valence-electron chi connectivity index (χ3n) is 6.36. The Morgan fingerprint density at radius 3 is 2.54 bits per heavy atom. The molecule has 4 atom stereocenters. The quantitative estimate of drug-likeness (QED) is 0.732. The van der Waals surface area contributed by atoms with Gasteiger partial charge in [-0.05, 0) is 25.3 Å². The predicted octanol–water partition coefficient (Wildman–Crippen LogP) is 2.93. The highest BCUT2D eigenvalue weighted by atomic mass is 16.5. The molecule has 1 aromatic rings. The lowest BCUT2D eigenvalue weighted by atomic mass is 10.0. The van der Waals surface area contributed by atoms with Crippen LogP contribution in [-0.2, 0) is 14.3 Å². The molecule has 2 amide bonds. The van der Waals surface area contributed by atoms with Gasteiger partial charge in [0.2, 0.25) is 11.8 Å². The molecule has 2 saturated heterocycles. The lowest BCUT2D eigenvalue weighted by Crippen LogP contribution is -2.58. The van der Waals surface area contributed by atoms with E-state index in [1.807, 2.05) is 28.9 Å². The minimum Gasteiger partial charge on any atom is -0.453 e. The third-order valence-corrected chi connectivity index (χ3v) is 6.36. The van der Waals surface area contributed by atoms with Crippen LogP contribution in [0.15, 0.2) is 24.3 Å². The van der Waals surface area contributed by atoms with Crippen LogP contribution in [0.2, 0.25) is 0 Å². The minimum absolute atomic E-state index is 0.0238. The van der Waals surface area contributed by atoms with Gasteiger partial charge in [0.15, 0.2) is 0 Å². The fourth-order valence-corrected chi connectivity index (χ4v) is 4.99. The van der Waals surface area contributed by atoms with Crippen LogP contribution in [-0.4, -0.2) is 52.8 Å². The van der Waals surface area contributed by atoms with Crippen molar-refractivity contribution >= 4 is 17.8 Å². The van der Waals surface area contributed by atoms with Crippen molar-refractivity contribution in [1.29, 1.82) is 0 Å². The Bertz CT molecular complexity index is 778. The zero-order chi connectivity index (χ0) is 19.8. The number of hydrogen-bond acceptors (Lipinski definition) is 4. The fourth-order valence-electron chi connectivity index (χ4n) is 4.99. The van der Waals surface area contributed by atoms with Gasteiger partial charge in [-0.15, -0.1) is 0 Å². The molecule has 3 aliphatic rings. The largest absolute Gasteiger partial charge is 0.453 e. The summed E-state index contributed by atoms with van der Waals surface area (Å²) >= 11 is 0. The number of carbonyl (C=O) groups is 3. The first-order chi connectivity index (χ1) is 13.5. The van der Waals surface area contributed by atoms with E-state index in [0.717, 1.165) is 31.2 Å². The van der Waals surface area contributed by atoms with Gasteiger partial charge < -0.3 is 14.5 Å². The molecule has 0 aliphatic carbocycles. The van der Waals surface area contributed by atoms with E-state index in [2.05, 4.69) is 6.92 Å². The molecule has 2 fully saturated rings. The molecule has 2 bridgehead atoms. The number of nitrogens with zero attached hydrogens (tertiary/aromatic N) is 2. The number of cyclic esters (lactones) is 1. The summed E-state index contributed by atoms with van der Waals surface area (Å²) in [6, 6.07) is 7.43. The summed E-state index contributed by atoms with van der Waals surface area (Å²) in [5, 5.41) is 0. The van der Waals surface area contributed by atoms with E-state index in [0.29, 0.717) is 18.7 Å². The van der Waals surface area contributed by atoms with Crippen LogP contribution >= 0.6 is 0 Å². The SMILES string of the molecule is CCCC(C)C(=O)N1CC2CCC(C1)N2C(=O)CC1OC(=O)c2ccccc21. The highest BCUT2D eigenvalue weighted by Gasteiger charge is 2.45. The molecule has 4 unspecified atom stereocenters. The lowest BCUT2D eigenvalue weighted by molar-refractivity contribution is -0.147. The monoisotopic (exact) mass is 384 g/mol. The van der Waals surface area contributed by atoms with E-state index in [4.69, 9.17) is 4.74 Å². The highest BCUT2D eigenvalue weighted by Crippen LogP contribution is 2.36. The van der Waals surface area contributed by atoms with Crippen LogP contribution in [0.5, 0.6) is 0 Å². The topological polar surface area (TPSA) is 66.9 Å². The van der Waals surface area contributed by atoms with Crippen molar-refractivity contribution in [2.45, 2.75) is 64.1 Å². The molecule has 0 N–H and O–H groups in total. The molecule has 1 aromatic carbocycles. The molecule has 150 valence electrons.